The van der Waals surface area contributed by atoms with E-state index in [0.29, 0.717) is 5.69 Å². The number of rotatable bonds is 5. The van der Waals surface area contributed by atoms with Gasteiger partial charge in [-0.3, -0.25) is 9.59 Å². The van der Waals surface area contributed by atoms with Crippen molar-refractivity contribution in [2.45, 2.75) is 18.0 Å². The Balaban J connectivity index is 2.04. The number of nitrogens with one attached hydrogen (secondary N) is 2. The molecule has 0 atom stereocenters. The Bertz CT molecular complexity index is 938. The van der Waals surface area contributed by atoms with Crippen LogP contribution in [0.15, 0.2) is 53.4 Å². The SMILES string of the molecule is CC(=O)Nc1ccc(S(=O)(=O)CC(=O)Nc2ccc(C(F)(F)F)cc2)cc1. The van der Waals surface area contributed by atoms with Crippen LogP contribution in [0.2, 0.25) is 0 Å². The van der Waals surface area contributed by atoms with Gasteiger partial charge in [0.1, 0.15) is 5.75 Å². The first-order valence-electron chi connectivity index (χ1n) is 7.55. The first-order chi connectivity index (χ1) is 12.5. The molecule has 0 saturated carbocycles. The molecule has 0 aliphatic rings. The number of anilines is 2. The number of carbonyl (C=O) groups excluding carboxylic acids is 2. The molecule has 2 aromatic rings. The second-order valence-corrected chi connectivity index (χ2v) is 7.58. The zero-order chi connectivity index (χ0) is 20.2. The molecule has 2 amide bonds. The van der Waals surface area contributed by atoms with Crippen LogP contribution in [0.3, 0.4) is 0 Å². The van der Waals surface area contributed by atoms with Crippen LogP contribution in [-0.2, 0) is 25.6 Å². The molecule has 2 N–H and O–H groups in total. The summed E-state index contributed by atoms with van der Waals surface area (Å²) in [6, 6.07) is 8.88. The number of sulfone groups is 1. The lowest BCUT2D eigenvalue weighted by atomic mass is 10.2. The second-order valence-electron chi connectivity index (χ2n) is 5.59. The summed E-state index contributed by atoms with van der Waals surface area (Å²) in [6.07, 6.45) is -4.50. The molecule has 0 unspecified atom stereocenters. The monoisotopic (exact) mass is 400 g/mol. The molecule has 2 aromatic carbocycles. The van der Waals surface area contributed by atoms with Crippen LogP contribution in [0.1, 0.15) is 12.5 Å². The average Bonchev–Trinajstić information content (AvgIpc) is 2.53. The number of hydrogen-bond donors (Lipinski definition) is 2. The highest BCUT2D eigenvalue weighted by Crippen LogP contribution is 2.29. The summed E-state index contributed by atoms with van der Waals surface area (Å²) in [6.45, 7) is 1.30. The first-order valence-corrected chi connectivity index (χ1v) is 9.20. The third kappa shape index (κ3) is 5.81. The molecule has 144 valence electrons. The highest BCUT2D eigenvalue weighted by atomic mass is 32.2. The molecule has 2 rings (SSSR count). The van der Waals surface area contributed by atoms with E-state index in [1.54, 1.807) is 0 Å². The van der Waals surface area contributed by atoms with Crippen molar-refractivity contribution in [3.8, 4) is 0 Å². The molecule has 10 heteroatoms. The minimum absolute atomic E-state index is 0.0456. The quantitative estimate of drug-likeness (QED) is 0.807. The molecule has 0 spiro atoms. The number of hydrogen-bond acceptors (Lipinski definition) is 4. The third-order valence-corrected chi connectivity index (χ3v) is 4.98. The van der Waals surface area contributed by atoms with E-state index in [9.17, 15) is 31.2 Å². The van der Waals surface area contributed by atoms with E-state index in [4.69, 9.17) is 0 Å². The van der Waals surface area contributed by atoms with Crippen molar-refractivity contribution in [3.63, 3.8) is 0 Å². The van der Waals surface area contributed by atoms with Crippen molar-refractivity contribution in [1.29, 1.82) is 0 Å². The van der Waals surface area contributed by atoms with E-state index in [1.807, 2.05) is 0 Å². The van der Waals surface area contributed by atoms with Crippen LogP contribution in [-0.4, -0.2) is 26.0 Å². The Morgan fingerprint density at radius 2 is 1.37 bits per heavy atom. The van der Waals surface area contributed by atoms with Crippen molar-refractivity contribution in [2.75, 3.05) is 16.4 Å². The normalized spacial score (nSPS) is 11.7. The summed E-state index contributed by atoms with van der Waals surface area (Å²) in [4.78, 5) is 22.7. The molecule has 6 nitrogen and oxygen atoms in total. The first kappa shape index (κ1) is 20.4. The second kappa shape index (κ2) is 7.78. The molecule has 0 heterocycles. The fourth-order valence-electron chi connectivity index (χ4n) is 2.14. The van der Waals surface area contributed by atoms with Crippen LogP contribution in [0.25, 0.3) is 0 Å². The van der Waals surface area contributed by atoms with Crippen molar-refractivity contribution in [3.05, 3.63) is 54.1 Å². The van der Waals surface area contributed by atoms with Crippen LogP contribution in [0.4, 0.5) is 24.5 Å². The van der Waals surface area contributed by atoms with Gasteiger partial charge in [0.25, 0.3) is 0 Å². The molecule has 0 saturated heterocycles. The van der Waals surface area contributed by atoms with E-state index >= 15 is 0 Å². The highest BCUT2D eigenvalue weighted by Gasteiger charge is 2.30. The van der Waals surface area contributed by atoms with Gasteiger partial charge in [-0.25, -0.2) is 8.42 Å². The molecule has 0 bridgehead atoms. The largest absolute Gasteiger partial charge is 0.416 e. The van der Waals surface area contributed by atoms with Crippen LogP contribution in [0.5, 0.6) is 0 Å². The third-order valence-electron chi connectivity index (χ3n) is 3.35. The van der Waals surface area contributed by atoms with Gasteiger partial charge in [0.2, 0.25) is 11.8 Å². The number of benzene rings is 2. The lowest BCUT2D eigenvalue weighted by Gasteiger charge is -2.09. The molecule has 0 aromatic heterocycles. The fourth-order valence-corrected chi connectivity index (χ4v) is 3.28. The van der Waals surface area contributed by atoms with Crippen LogP contribution >= 0.6 is 0 Å². The summed E-state index contributed by atoms with van der Waals surface area (Å²) >= 11 is 0. The summed E-state index contributed by atoms with van der Waals surface area (Å²) in [5.74, 6) is -2.09. The van der Waals surface area contributed by atoms with Crippen molar-refractivity contribution < 1.29 is 31.2 Å². The molecule has 0 aliphatic carbocycles. The van der Waals surface area contributed by atoms with Crippen LogP contribution in [0, 0.1) is 0 Å². The van der Waals surface area contributed by atoms with Gasteiger partial charge in [-0.15, -0.1) is 0 Å². The predicted molar refractivity (Wildman–Crippen MR) is 92.9 cm³/mol. The standard InChI is InChI=1S/C17H15F3N2O4S/c1-11(23)21-13-6-8-15(9-7-13)27(25,26)10-16(24)22-14-4-2-12(3-5-14)17(18,19)20/h2-9H,10H2,1H3,(H,21,23)(H,22,24). The maximum Gasteiger partial charge on any atom is 0.416 e. The smallest absolute Gasteiger partial charge is 0.326 e. The van der Waals surface area contributed by atoms with Crippen molar-refractivity contribution in [1.82, 2.24) is 0 Å². The summed E-state index contributed by atoms with van der Waals surface area (Å²) in [5.41, 5.74) is -0.438. The van der Waals surface area contributed by atoms with E-state index in [2.05, 4.69) is 10.6 Å². The maximum atomic E-state index is 12.5. The number of halogens is 3. The average molecular weight is 400 g/mol. The van der Waals surface area contributed by atoms with E-state index in [1.165, 1.54) is 31.2 Å². The fraction of sp³-hybridized carbons (Fsp3) is 0.176. The maximum absolute atomic E-state index is 12.5. The summed E-state index contributed by atoms with van der Waals surface area (Å²) < 4.78 is 62.0. The molecular formula is C17H15F3N2O4S. The highest BCUT2D eigenvalue weighted by molar-refractivity contribution is 7.92. The number of alkyl halides is 3. The van der Waals surface area contributed by atoms with Crippen molar-refractivity contribution in [2.24, 2.45) is 0 Å². The molecular weight excluding hydrogens is 385 g/mol. The zero-order valence-electron chi connectivity index (χ0n) is 14.0. The Hall–Kier alpha value is -2.88. The minimum atomic E-state index is -4.50. The zero-order valence-corrected chi connectivity index (χ0v) is 14.8. The topological polar surface area (TPSA) is 92.3 Å². The van der Waals surface area contributed by atoms with E-state index in [-0.39, 0.29) is 16.5 Å². The lowest BCUT2D eigenvalue weighted by molar-refractivity contribution is -0.137. The molecule has 0 radical (unpaired) electrons. The van der Waals surface area contributed by atoms with Gasteiger partial charge in [-0.05, 0) is 48.5 Å². The summed E-state index contributed by atoms with van der Waals surface area (Å²) in [5, 5.41) is 4.72. The lowest BCUT2D eigenvalue weighted by Crippen LogP contribution is -2.23. The Morgan fingerprint density at radius 1 is 0.889 bits per heavy atom. The van der Waals surface area contributed by atoms with Gasteiger partial charge in [-0.2, -0.15) is 13.2 Å². The van der Waals surface area contributed by atoms with Crippen LogP contribution < -0.4 is 10.6 Å². The Kier molecular flexibility index (Phi) is 5.89. The Labute approximate surface area is 153 Å². The van der Waals surface area contributed by atoms with Gasteiger partial charge in [0, 0.05) is 18.3 Å². The molecule has 27 heavy (non-hydrogen) atoms. The summed E-state index contributed by atoms with van der Waals surface area (Å²) in [7, 11) is -3.96. The van der Waals surface area contributed by atoms with Gasteiger partial charge in [0.05, 0.1) is 10.5 Å². The molecule has 0 fully saturated rings. The number of amides is 2. The van der Waals surface area contributed by atoms with E-state index < -0.39 is 33.2 Å². The number of carbonyl (C=O) groups is 2. The Morgan fingerprint density at radius 3 is 1.85 bits per heavy atom. The van der Waals surface area contributed by atoms with Gasteiger partial charge in [-0.1, -0.05) is 0 Å². The minimum Gasteiger partial charge on any atom is -0.326 e. The molecule has 0 aliphatic heterocycles. The van der Waals surface area contributed by atoms with Gasteiger partial charge >= 0.3 is 6.18 Å². The van der Waals surface area contributed by atoms with Crippen molar-refractivity contribution >= 4 is 33.0 Å². The van der Waals surface area contributed by atoms with E-state index in [0.717, 1.165) is 24.3 Å². The predicted octanol–water partition coefficient (Wildman–Crippen LogP) is 3.08. The van der Waals surface area contributed by atoms with Gasteiger partial charge < -0.3 is 10.6 Å². The van der Waals surface area contributed by atoms with Gasteiger partial charge in [0.15, 0.2) is 9.84 Å².